The number of thioether (sulfide) groups is 1. The molecule has 3 nitrogen and oxygen atoms in total. The van der Waals surface area contributed by atoms with Crippen LogP contribution in [0.1, 0.15) is 5.56 Å². The SMILES string of the molecule is Cc1cc(-c2csc3nc(SCCF)[nH]c(=O)c23)ccc1Cl. The van der Waals surface area contributed by atoms with Crippen LogP contribution in [0.2, 0.25) is 5.02 Å². The minimum atomic E-state index is -0.452. The van der Waals surface area contributed by atoms with E-state index in [2.05, 4.69) is 9.97 Å². The molecular formula is C15H12ClFN2OS2. The molecule has 3 rings (SSSR count). The summed E-state index contributed by atoms with van der Waals surface area (Å²) in [6.45, 7) is 1.47. The molecule has 1 N–H and O–H groups in total. The van der Waals surface area contributed by atoms with Crippen LogP contribution in [0.25, 0.3) is 21.3 Å². The molecular weight excluding hydrogens is 343 g/mol. The van der Waals surface area contributed by atoms with Crippen LogP contribution in [-0.4, -0.2) is 22.4 Å². The molecule has 22 heavy (non-hydrogen) atoms. The van der Waals surface area contributed by atoms with Crippen LogP contribution in [0.15, 0.2) is 33.5 Å². The maximum Gasteiger partial charge on any atom is 0.260 e. The molecule has 2 aromatic heterocycles. The first kappa shape index (κ1) is 15.5. The van der Waals surface area contributed by atoms with E-state index in [1.165, 1.54) is 23.1 Å². The Morgan fingerprint density at radius 2 is 2.27 bits per heavy atom. The second-order valence-electron chi connectivity index (χ2n) is 4.70. The summed E-state index contributed by atoms with van der Waals surface area (Å²) in [5.41, 5.74) is 2.54. The van der Waals surface area contributed by atoms with Gasteiger partial charge in [-0.2, -0.15) is 0 Å². The molecule has 0 saturated carbocycles. The first-order valence-corrected chi connectivity index (χ1v) is 8.81. The molecule has 2 heterocycles. The highest BCUT2D eigenvalue weighted by molar-refractivity contribution is 7.99. The fraction of sp³-hybridized carbons (Fsp3) is 0.200. The maximum absolute atomic E-state index is 12.3. The summed E-state index contributed by atoms with van der Waals surface area (Å²) < 4.78 is 12.2. The van der Waals surface area contributed by atoms with E-state index in [1.54, 1.807) is 0 Å². The van der Waals surface area contributed by atoms with Gasteiger partial charge in [-0.3, -0.25) is 9.18 Å². The zero-order chi connectivity index (χ0) is 15.7. The summed E-state index contributed by atoms with van der Waals surface area (Å²) in [5.74, 6) is 0.281. The molecule has 1 aromatic carbocycles. The van der Waals surface area contributed by atoms with Crippen LogP contribution in [0.4, 0.5) is 4.39 Å². The summed E-state index contributed by atoms with van der Waals surface area (Å²) in [6, 6.07) is 5.67. The topological polar surface area (TPSA) is 45.8 Å². The third kappa shape index (κ3) is 2.91. The van der Waals surface area contributed by atoms with E-state index in [9.17, 15) is 9.18 Å². The Hall–Kier alpha value is -1.37. The minimum Gasteiger partial charge on any atom is -0.301 e. The molecule has 0 bridgehead atoms. The number of nitrogens with zero attached hydrogens (tertiary/aromatic N) is 1. The quantitative estimate of drug-likeness (QED) is 0.546. The van der Waals surface area contributed by atoms with Gasteiger partial charge in [0.05, 0.1) is 12.1 Å². The van der Waals surface area contributed by atoms with Gasteiger partial charge in [-0.25, -0.2) is 4.98 Å². The average molecular weight is 355 g/mol. The molecule has 0 atom stereocenters. The van der Waals surface area contributed by atoms with E-state index in [-0.39, 0.29) is 11.3 Å². The van der Waals surface area contributed by atoms with Gasteiger partial charge in [0.15, 0.2) is 5.16 Å². The molecule has 0 amide bonds. The van der Waals surface area contributed by atoms with Gasteiger partial charge in [0.2, 0.25) is 0 Å². The summed E-state index contributed by atoms with van der Waals surface area (Å²) >= 11 is 8.67. The van der Waals surface area contributed by atoms with Crippen molar-refractivity contribution >= 4 is 44.9 Å². The molecule has 0 unspecified atom stereocenters. The van der Waals surface area contributed by atoms with Gasteiger partial charge in [0, 0.05) is 21.7 Å². The van der Waals surface area contributed by atoms with E-state index in [0.717, 1.165) is 16.7 Å². The number of alkyl halides is 1. The number of aromatic nitrogens is 2. The highest BCUT2D eigenvalue weighted by Gasteiger charge is 2.13. The van der Waals surface area contributed by atoms with Gasteiger partial charge in [0.1, 0.15) is 4.83 Å². The minimum absolute atomic E-state index is 0.199. The summed E-state index contributed by atoms with van der Waals surface area (Å²) in [5, 5.41) is 3.63. The second kappa shape index (κ2) is 6.40. The van der Waals surface area contributed by atoms with Crippen LogP contribution in [0.5, 0.6) is 0 Å². The first-order chi connectivity index (χ1) is 10.6. The lowest BCUT2D eigenvalue weighted by molar-refractivity contribution is 0.532. The zero-order valence-corrected chi connectivity index (χ0v) is 14.0. The van der Waals surface area contributed by atoms with Crippen molar-refractivity contribution in [3.63, 3.8) is 0 Å². The van der Waals surface area contributed by atoms with Crippen LogP contribution >= 0.6 is 34.7 Å². The third-order valence-electron chi connectivity index (χ3n) is 3.21. The average Bonchev–Trinajstić information content (AvgIpc) is 2.92. The first-order valence-electron chi connectivity index (χ1n) is 6.57. The lowest BCUT2D eigenvalue weighted by Crippen LogP contribution is -2.08. The molecule has 114 valence electrons. The van der Waals surface area contributed by atoms with Crippen molar-refractivity contribution in [3.8, 4) is 11.1 Å². The lowest BCUT2D eigenvalue weighted by atomic mass is 10.0. The number of rotatable bonds is 4. The number of aromatic amines is 1. The smallest absolute Gasteiger partial charge is 0.260 e. The molecule has 0 saturated heterocycles. The Balaban J connectivity index is 2.12. The molecule has 0 fully saturated rings. The van der Waals surface area contributed by atoms with Gasteiger partial charge in [-0.05, 0) is 30.2 Å². The van der Waals surface area contributed by atoms with Crippen molar-refractivity contribution in [2.45, 2.75) is 12.1 Å². The number of thiophene rings is 1. The van der Waals surface area contributed by atoms with Crippen LogP contribution in [0.3, 0.4) is 0 Å². The predicted molar refractivity (Wildman–Crippen MR) is 92.1 cm³/mol. The largest absolute Gasteiger partial charge is 0.301 e. The van der Waals surface area contributed by atoms with Crippen molar-refractivity contribution < 1.29 is 4.39 Å². The monoisotopic (exact) mass is 354 g/mol. The van der Waals surface area contributed by atoms with E-state index < -0.39 is 6.67 Å². The maximum atomic E-state index is 12.3. The fourth-order valence-corrected chi connectivity index (χ4v) is 3.87. The van der Waals surface area contributed by atoms with Gasteiger partial charge >= 0.3 is 0 Å². The van der Waals surface area contributed by atoms with Crippen LogP contribution in [-0.2, 0) is 0 Å². The molecule has 0 radical (unpaired) electrons. The lowest BCUT2D eigenvalue weighted by Gasteiger charge is -2.03. The van der Waals surface area contributed by atoms with Gasteiger partial charge in [-0.1, -0.05) is 29.4 Å². The Kier molecular flexibility index (Phi) is 4.52. The standard InChI is InChI=1S/C15H12ClFN2OS2/c1-8-6-9(2-3-11(8)16)10-7-22-14-12(10)13(20)18-15(19-14)21-5-4-17/h2-3,6-7H,4-5H2,1H3,(H,18,19,20). The summed E-state index contributed by atoms with van der Waals surface area (Å²) in [6.07, 6.45) is 0. The van der Waals surface area contributed by atoms with Crippen molar-refractivity contribution in [1.29, 1.82) is 0 Å². The molecule has 0 spiro atoms. The van der Waals surface area contributed by atoms with Gasteiger partial charge < -0.3 is 4.98 Å². The number of benzene rings is 1. The number of halogens is 2. The summed E-state index contributed by atoms with van der Waals surface area (Å²) in [7, 11) is 0. The Morgan fingerprint density at radius 3 is 3.00 bits per heavy atom. The second-order valence-corrected chi connectivity index (χ2v) is 7.05. The van der Waals surface area contributed by atoms with Gasteiger partial charge in [-0.15, -0.1) is 11.3 Å². The number of aryl methyl sites for hydroxylation is 1. The van der Waals surface area contributed by atoms with Crippen molar-refractivity contribution in [3.05, 3.63) is 44.5 Å². The van der Waals surface area contributed by atoms with Crippen LogP contribution < -0.4 is 5.56 Å². The molecule has 0 aliphatic heterocycles. The van der Waals surface area contributed by atoms with Crippen molar-refractivity contribution in [2.24, 2.45) is 0 Å². The van der Waals surface area contributed by atoms with E-state index >= 15 is 0 Å². The number of hydrogen-bond acceptors (Lipinski definition) is 4. The number of fused-ring (bicyclic) bond motifs is 1. The number of hydrogen-bond donors (Lipinski definition) is 1. The normalized spacial score (nSPS) is 11.2. The predicted octanol–water partition coefficient (Wildman–Crippen LogP) is 4.68. The van der Waals surface area contributed by atoms with E-state index in [0.29, 0.717) is 20.4 Å². The third-order valence-corrected chi connectivity index (χ3v) is 5.33. The summed E-state index contributed by atoms with van der Waals surface area (Å²) in [4.78, 5) is 20.1. The Labute approximate surface area is 139 Å². The molecule has 7 heteroatoms. The molecule has 3 aromatic rings. The number of nitrogens with one attached hydrogen (secondary N) is 1. The highest BCUT2D eigenvalue weighted by atomic mass is 35.5. The molecule has 0 aliphatic rings. The highest BCUT2D eigenvalue weighted by Crippen LogP contribution is 2.33. The van der Waals surface area contributed by atoms with Crippen molar-refractivity contribution in [1.82, 2.24) is 9.97 Å². The van der Waals surface area contributed by atoms with Crippen LogP contribution in [0, 0.1) is 6.92 Å². The van der Waals surface area contributed by atoms with Crippen molar-refractivity contribution in [2.75, 3.05) is 12.4 Å². The zero-order valence-electron chi connectivity index (χ0n) is 11.7. The number of H-pyrrole nitrogens is 1. The van der Waals surface area contributed by atoms with E-state index in [1.807, 2.05) is 30.5 Å². The Morgan fingerprint density at radius 1 is 1.45 bits per heavy atom. The van der Waals surface area contributed by atoms with E-state index in [4.69, 9.17) is 11.6 Å². The van der Waals surface area contributed by atoms with Gasteiger partial charge in [0.25, 0.3) is 5.56 Å². The molecule has 0 aliphatic carbocycles. The fourth-order valence-electron chi connectivity index (χ4n) is 2.16. The Bertz CT molecular complexity index is 891.